The zero-order valence-corrected chi connectivity index (χ0v) is 11.7. The molecule has 19 heavy (non-hydrogen) atoms. The molecule has 1 unspecified atom stereocenters. The van der Waals surface area contributed by atoms with E-state index in [9.17, 15) is 4.79 Å². The maximum atomic E-state index is 12.4. The summed E-state index contributed by atoms with van der Waals surface area (Å²) in [6.45, 7) is 2.08. The first-order valence-corrected chi connectivity index (χ1v) is 7.68. The van der Waals surface area contributed by atoms with Crippen molar-refractivity contribution in [2.75, 3.05) is 0 Å². The van der Waals surface area contributed by atoms with Gasteiger partial charge < -0.3 is 0 Å². The Labute approximate surface area is 118 Å². The molecule has 2 heteroatoms. The first-order chi connectivity index (χ1) is 9.29. The number of ketones is 1. The number of Topliss-reactive ketones (excluding diaryl/α,β-unsaturated/α-hetero) is 1. The van der Waals surface area contributed by atoms with Gasteiger partial charge in [-0.1, -0.05) is 49.4 Å². The van der Waals surface area contributed by atoms with Crippen LogP contribution in [0.3, 0.4) is 0 Å². The zero-order chi connectivity index (χ0) is 13.2. The summed E-state index contributed by atoms with van der Waals surface area (Å²) >= 11 is 1.77. The fourth-order valence-corrected chi connectivity index (χ4v) is 3.63. The van der Waals surface area contributed by atoms with E-state index in [1.54, 1.807) is 11.8 Å². The van der Waals surface area contributed by atoms with Crippen LogP contribution in [0.2, 0.25) is 0 Å². The standard InChI is InChI=1S/C17H16OS/c1-2-16-17(18)15-10-13(8-9-14(15)11-19-16)12-6-4-3-5-7-12/h3-10,16H,2,11H2,1H3. The maximum Gasteiger partial charge on any atom is 0.176 e. The van der Waals surface area contributed by atoms with Crippen molar-refractivity contribution < 1.29 is 4.79 Å². The summed E-state index contributed by atoms with van der Waals surface area (Å²) in [6.07, 6.45) is 0.915. The van der Waals surface area contributed by atoms with Crippen LogP contribution in [0.25, 0.3) is 11.1 Å². The largest absolute Gasteiger partial charge is 0.293 e. The fourth-order valence-electron chi connectivity index (χ4n) is 2.48. The topological polar surface area (TPSA) is 17.1 Å². The van der Waals surface area contributed by atoms with Crippen molar-refractivity contribution in [3.8, 4) is 11.1 Å². The summed E-state index contributed by atoms with van der Waals surface area (Å²) in [6, 6.07) is 16.5. The van der Waals surface area contributed by atoms with E-state index >= 15 is 0 Å². The van der Waals surface area contributed by atoms with Crippen molar-refractivity contribution in [3.05, 3.63) is 59.7 Å². The highest BCUT2D eigenvalue weighted by Crippen LogP contribution is 2.34. The quantitative estimate of drug-likeness (QED) is 0.794. The summed E-state index contributed by atoms with van der Waals surface area (Å²) in [5.41, 5.74) is 4.41. The minimum Gasteiger partial charge on any atom is -0.293 e. The lowest BCUT2D eigenvalue weighted by molar-refractivity contribution is 0.0986. The Morgan fingerprint density at radius 2 is 1.89 bits per heavy atom. The van der Waals surface area contributed by atoms with E-state index in [4.69, 9.17) is 0 Å². The smallest absolute Gasteiger partial charge is 0.176 e. The number of carbonyl (C=O) groups excluding carboxylic acids is 1. The van der Waals surface area contributed by atoms with Gasteiger partial charge in [0.2, 0.25) is 0 Å². The maximum absolute atomic E-state index is 12.4. The van der Waals surface area contributed by atoms with E-state index < -0.39 is 0 Å². The van der Waals surface area contributed by atoms with E-state index in [1.165, 1.54) is 11.1 Å². The van der Waals surface area contributed by atoms with E-state index in [0.29, 0.717) is 5.78 Å². The van der Waals surface area contributed by atoms with Crippen LogP contribution in [0.15, 0.2) is 48.5 Å². The fraction of sp³-hybridized carbons (Fsp3) is 0.235. The molecule has 0 spiro atoms. The minimum atomic E-state index is 0.138. The van der Waals surface area contributed by atoms with Crippen molar-refractivity contribution in [2.24, 2.45) is 0 Å². The van der Waals surface area contributed by atoms with Crippen LogP contribution < -0.4 is 0 Å². The molecular formula is C17H16OS. The van der Waals surface area contributed by atoms with E-state index in [2.05, 4.69) is 37.3 Å². The SMILES string of the molecule is CCC1SCc2ccc(-c3ccccc3)cc2C1=O. The van der Waals surface area contributed by atoms with Gasteiger partial charge in [-0.25, -0.2) is 0 Å². The Kier molecular flexibility index (Phi) is 3.43. The number of benzene rings is 2. The zero-order valence-electron chi connectivity index (χ0n) is 10.9. The highest BCUT2D eigenvalue weighted by atomic mass is 32.2. The molecule has 0 N–H and O–H groups in total. The lowest BCUT2D eigenvalue weighted by Gasteiger charge is -2.22. The molecule has 0 radical (unpaired) electrons. The summed E-state index contributed by atoms with van der Waals surface area (Å²) in [5.74, 6) is 1.25. The number of fused-ring (bicyclic) bond motifs is 1. The van der Waals surface area contributed by atoms with Crippen LogP contribution in [-0.2, 0) is 5.75 Å². The molecule has 1 aliphatic rings. The first kappa shape index (κ1) is 12.5. The molecule has 96 valence electrons. The van der Waals surface area contributed by atoms with Crippen molar-refractivity contribution in [1.82, 2.24) is 0 Å². The molecule has 1 heterocycles. The predicted octanol–water partition coefficient (Wildman–Crippen LogP) is 4.56. The molecular weight excluding hydrogens is 252 g/mol. The molecule has 1 aliphatic heterocycles. The monoisotopic (exact) mass is 268 g/mol. The van der Waals surface area contributed by atoms with Gasteiger partial charge in [-0.05, 0) is 29.2 Å². The number of hydrogen-bond donors (Lipinski definition) is 0. The van der Waals surface area contributed by atoms with Gasteiger partial charge in [-0.3, -0.25) is 4.79 Å². The average Bonchev–Trinajstić information content (AvgIpc) is 2.48. The molecule has 2 aromatic carbocycles. The van der Waals surface area contributed by atoms with Gasteiger partial charge in [-0.2, -0.15) is 0 Å². The second-order valence-electron chi connectivity index (χ2n) is 4.81. The Bertz CT molecular complexity index is 604. The second kappa shape index (κ2) is 5.22. The van der Waals surface area contributed by atoms with Crippen LogP contribution in [-0.4, -0.2) is 11.0 Å². The van der Waals surface area contributed by atoms with Crippen LogP contribution >= 0.6 is 11.8 Å². The predicted molar refractivity (Wildman–Crippen MR) is 81.6 cm³/mol. The third kappa shape index (κ3) is 2.33. The molecule has 0 fully saturated rings. The van der Waals surface area contributed by atoms with Gasteiger partial charge in [0.05, 0.1) is 5.25 Å². The second-order valence-corrected chi connectivity index (χ2v) is 6.00. The molecule has 0 amide bonds. The Balaban J connectivity index is 2.04. The van der Waals surface area contributed by atoms with Crippen LogP contribution in [0.5, 0.6) is 0 Å². The lowest BCUT2D eigenvalue weighted by Crippen LogP contribution is -2.22. The highest BCUT2D eigenvalue weighted by molar-refractivity contribution is 8.00. The Hall–Kier alpha value is -1.54. The lowest BCUT2D eigenvalue weighted by atomic mass is 9.95. The van der Waals surface area contributed by atoms with Gasteiger partial charge in [0.25, 0.3) is 0 Å². The molecule has 1 atom stereocenters. The van der Waals surface area contributed by atoms with Gasteiger partial charge in [0.15, 0.2) is 5.78 Å². The molecule has 0 bridgehead atoms. The normalized spacial score (nSPS) is 18.2. The number of thioether (sulfide) groups is 1. The first-order valence-electron chi connectivity index (χ1n) is 6.63. The third-order valence-electron chi connectivity index (χ3n) is 3.59. The number of rotatable bonds is 2. The number of hydrogen-bond acceptors (Lipinski definition) is 2. The van der Waals surface area contributed by atoms with Gasteiger partial charge in [-0.15, -0.1) is 11.8 Å². The summed E-state index contributed by atoms with van der Waals surface area (Å²) < 4.78 is 0. The third-order valence-corrected chi connectivity index (χ3v) is 5.01. The van der Waals surface area contributed by atoms with Gasteiger partial charge >= 0.3 is 0 Å². The average molecular weight is 268 g/mol. The molecule has 0 aromatic heterocycles. The molecule has 0 aliphatic carbocycles. The number of carbonyl (C=O) groups is 1. The molecule has 0 saturated heterocycles. The van der Waals surface area contributed by atoms with E-state index in [0.717, 1.165) is 23.3 Å². The van der Waals surface area contributed by atoms with Crippen LogP contribution in [0.1, 0.15) is 29.3 Å². The van der Waals surface area contributed by atoms with Crippen molar-refractivity contribution in [3.63, 3.8) is 0 Å². The van der Waals surface area contributed by atoms with Crippen LogP contribution in [0, 0.1) is 0 Å². The minimum absolute atomic E-state index is 0.138. The Morgan fingerprint density at radius 3 is 2.63 bits per heavy atom. The Morgan fingerprint density at radius 1 is 1.11 bits per heavy atom. The summed E-state index contributed by atoms with van der Waals surface area (Å²) in [4.78, 5) is 12.4. The van der Waals surface area contributed by atoms with Crippen molar-refractivity contribution in [1.29, 1.82) is 0 Å². The molecule has 0 saturated carbocycles. The van der Waals surface area contributed by atoms with Gasteiger partial charge in [0.1, 0.15) is 0 Å². The van der Waals surface area contributed by atoms with E-state index in [1.807, 2.05) is 18.2 Å². The van der Waals surface area contributed by atoms with E-state index in [-0.39, 0.29) is 5.25 Å². The van der Waals surface area contributed by atoms with Crippen LogP contribution in [0.4, 0.5) is 0 Å². The summed E-state index contributed by atoms with van der Waals surface area (Å²) in [7, 11) is 0. The summed E-state index contributed by atoms with van der Waals surface area (Å²) in [5, 5.41) is 0.138. The molecule has 2 aromatic rings. The van der Waals surface area contributed by atoms with Crippen molar-refractivity contribution >= 4 is 17.5 Å². The van der Waals surface area contributed by atoms with Gasteiger partial charge in [0, 0.05) is 11.3 Å². The van der Waals surface area contributed by atoms with Crippen molar-refractivity contribution in [2.45, 2.75) is 24.3 Å². The molecule has 3 rings (SSSR count). The highest BCUT2D eigenvalue weighted by Gasteiger charge is 2.26. The molecule has 1 nitrogen and oxygen atoms in total.